The highest BCUT2D eigenvalue weighted by Gasteiger charge is 2.13. The second-order valence-electron chi connectivity index (χ2n) is 5.74. The summed E-state index contributed by atoms with van der Waals surface area (Å²) in [6.07, 6.45) is 3.36. The predicted molar refractivity (Wildman–Crippen MR) is 100 cm³/mol. The fourth-order valence-corrected chi connectivity index (χ4v) is 2.38. The molecule has 1 heterocycles. The second-order valence-corrected chi connectivity index (χ2v) is 5.74. The number of nitrogens with zero attached hydrogens (tertiary/aromatic N) is 2. The number of rotatable bonds is 9. The Morgan fingerprint density at radius 2 is 1.96 bits per heavy atom. The van der Waals surface area contributed by atoms with Crippen molar-refractivity contribution in [1.82, 2.24) is 9.97 Å². The average molecular weight is 342 g/mol. The molecule has 0 aliphatic carbocycles. The Morgan fingerprint density at radius 3 is 2.72 bits per heavy atom. The number of nitrogens with one attached hydrogen (secondary N) is 2. The van der Waals surface area contributed by atoms with E-state index in [-0.39, 0.29) is 5.91 Å². The summed E-state index contributed by atoms with van der Waals surface area (Å²) >= 11 is 0. The van der Waals surface area contributed by atoms with Crippen molar-refractivity contribution in [3.8, 4) is 5.75 Å². The molecule has 2 aromatic rings. The van der Waals surface area contributed by atoms with Crippen molar-refractivity contribution in [2.75, 3.05) is 23.8 Å². The molecule has 0 atom stereocenters. The van der Waals surface area contributed by atoms with Crippen molar-refractivity contribution >= 4 is 17.5 Å². The highest BCUT2D eigenvalue weighted by Crippen LogP contribution is 2.24. The van der Waals surface area contributed by atoms with Gasteiger partial charge in [0.1, 0.15) is 11.4 Å². The lowest BCUT2D eigenvalue weighted by molar-refractivity contribution is 0.102. The van der Waals surface area contributed by atoms with E-state index in [4.69, 9.17) is 4.74 Å². The SMILES string of the molecule is CCCCCNc1nc(C)cc(C(=O)Nc2ccccc2OCC)n1. The van der Waals surface area contributed by atoms with Crippen LogP contribution in [-0.4, -0.2) is 29.0 Å². The van der Waals surface area contributed by atoms with Crippen LogP contribution in [0.2, 0.25) is 0 Å². The molecule has 0 saturated carbocycles. The van der Waals surface area contributed by atoms with Gasteiger partial charge in [-0.2, -0.15) is 0 Å². The number of carbonyl (C=O) groups excluding carboxylic acids is 1. The fourth-order valence-electron chi connectivity index (χ4n) is 2.38. The summed E-state index contributed by atoms with van der Waals surface area (Å²) in [5.74, 6) is 0.843. The van der Waals surface area contributed by atoms with Gasteiger partial charge in [-0.3, -0.25) is 4.79 Å². The number of ether oxygens (including phenoxy) is 1. The van der Waals surface area contributed by atoms with Crippen LogP contribution in [0.15, 0.2) is 30.3 Å². The van der Waals surface area contributed by atoms with Crippen molar-refractivity contribution in [3.63, 3.8) is 0 Å². The number of aryl methyl sites for hydroxylation is 1. The maximum absolute atomic E-state index is 12.6. The van der Waals surface area contributed by atoms with Gasteiger partial charge in [0.05, 0.1) is 12.3 Å². The van der Waals surface area contributed by atoms with E-state index in [1.54, 1.807) is 12.1 Å². The van der Waals surface area contributed by atoms with E-state index in [2.05, 4.69) is 27.5 Å². The molecule has 0 fully saturated rings. The molecule has 6 nitrogen and oxygen atoms in total. The minimum Gasteiger partial charge on any atom is -0.492 e. The van der Waals surface area contributed by atoms with Gasteiger partial charge in [-0.25, -0.2) is 9.97 Å². The van der Waals surface area contributed by atoms with Crippen LogP contribution in [0.4, 0.5) is 11.6 Å². The van der Waals surface area contributed by atoms with E-state index in [0.717, 1.165) is 31.5 Å². The minimum absolute atomic E-state index is 0.283. The summed E-state index contributed by atoms with van der Waals surface area (Å²) in [5.41, 5.74) is 1.70. The van der Waals surface area contributed by atoms with Crippen LogP contribution in [0.3, 0.4) is 0 Å². The van der Waals surface area contributed by atoms with Crippen LogP contribution in [0, 0.1) is 6.92 Å². The molecule has 25 heavy (non-hydrogen) atoms. The molecular weight excluding hydrogens is 316 g/mol. The van der Waals surface area contributed by atoms with Crippen molar-refractivity contribution in [2.45, 2.75) is 40.0 Å². The van der Waals surface area contributed by atoms with E-state index in [1.807, 2.05) is 32.0 Å². The molecule has 0 aliphatic rings. The smallest absolute Gasteiger partial charge is 0.274 e. The van der Waals surface area contributed by atoms with E-state index < -0.39 is 0 Å². The van der Waals surface area contributed by atoms with Gasteiger partial charge in [-0.1, -0.05) is 31.9 Å². The molecule has 0 spiro atoms. The first-order valence-corrected chi connectivity index (χ1v) is 8.76. The van der Waals surface area contributed by atoms with Crippen LogP contribution in [0.5, 0.6) is 5.75 Å². The quantitative estimate of drug-likeness (QED) is 0.673. The topological polar surface area (TPSA) is 76.1 Å². The Morgan fingerprint density at radius 1 is 1.16 bits per heavy atom. The van der Waals surface area contributed by atoms with Crippen LogP contribution in [-0.2, 0) is 0 Å². The molecule has 0 unspecified atom stereocenters. The standard InChI is InChI=1S/C19H26N4O2/c1-4-6-9-12-20-19-21-14(3)13-16(23-19)18(24)22-15-10-7-8-11-17(15)25-5-2/h7-8,10-11,13H,4-6,9,12H2,1-3H3,(H,22,24)(H,20,21,23). The zero-order valence-electron chi connectivity index (χ0n) is 15.1. The molecule has 0 bridgehead atoms. The number of hydrogen-bond acceptors (Lipinski definition) is 5. The molecule has 134 valence electrons. The molecule has 6 heteroatoms. The zero-order valence-corrected chi connectivity index (χ0v) is 15.1. The van der Waals surface area contributed by atoms with Crippen molar-refractivity contribution in [2.24, 2.45) is 0 Å². The van der Waals surface area contributed by atoms with Gasteiger partial charge in [0.2, 0.25) is 5.95 Å². The highest BCUT2D eigenvalue weighted by atomic mass is 16.5. The molecular formula is C19H26N4O2. The summed E-state index contributed by atoms with van der Waals surface area (Å²) in [6.45, 7) is 7.25. The third kappa shape index (κ3) is 5.74. The molecule has 0 radical (unpaired) electrons. The van der Waals surface area contributed by atoms with Crippen LogP contribution >= 0.6 is 0 Å². The molecule has 1 aromatic heterocycles. The fraction of sp³-hybridized carbons (Fsp3) is 0.421. The lowest BCUT2D eigenvalue weighted by atomic mass is 10.2. The normalized spacial score (nSPS) is 10.4. The third-order valence-electron chi connectivity index (χ3n) is 3.59. The number of aromatic nitrogens is 2. The summed E-state index contributed by atoms with van der Waals surface area (Å²) in [7, 11) is 0. The average Bonchev–Trinajstić information content (AvgIpc) is 2.60. The lowest BCUT2D eigenvalue weighted by Crippen LogP contribution is -2.17. The number of amides is 1. The van der Waals surface area contributed by atoms with Crippen molar-refractivity contribution < 1.29 is 9.53 Å². The zero-order chi connectivity index (χ0) is 18.1. The maximum Gasteiger partial charge on any atom is 0.274 e. The summed E-state index contributed by atoms with van der Waals surface area (Å²) in [5, 5.41) is 6.04. The molecule has 2 N–H and O–H groups in total. The molecule has 1 aromatic carbocycles. The van der Waals surface area contributed by atoms with Gasteiger partial charge in [-0.15, -0.1) is 0 Å². The molecule has 0 aliphatic heterocycles. The number of hydrogen-bond donors (Lipinski definition) is 2. The molecule has 2 rings (SSSR count). The molecule has 1 amide bonds. The first kappa shape index (κ1) is 18.7. The maximum atomic E-state index is 12.6. The number of carbonyl (C=O) groups is 1. The van der Waals surface area contributed by atoms with Crippen molar-refractivity contribution in [3.05, 3.63) is 41.7 Å². The van der Waals surface area contributed by atoms with E-state index in [1.165, 1.54) is 0 Å². The summed E-state index contributed by atoms with van der Waals surface area (Å²) in [6, 6.07) is 9.03. The Bertz CT molecular complexity index is 704. The van der Waals surface area contributed by atoms with Crippen molar-refractivity contribution in [1.29, 1.82) is 0 Å². The Hall–Kier alpha value is -2.63. The van der Waals surface area contributed by atoms with E-state index in [0.29, 0.717) is 29.7 Å². The van der Waals surface area contributed by atoms with Gasteiger partial charge >= 0.3 is 0 Å². The number of para-hydroxylation sites is 2. The third-order valence-corrected chi connectivity index (χ3v) is 3.59. The Balaban J connectivity index is 2.10. The summed E-state index contributed by atoms with van der Waals surface area (Å²) < 4.78 is 5.54. The largest absolute Gasteiger partial charge is 0.492 e. The van der Waals surface area contributed by atoms with E-state index in [9.17, 15) is 4.79 Å². The van der Waals surface area contributed by atoms with Crippen LogP contribution in [0.25, 0.3) is 0 Å². The van der Waals surface area contributed by atoms with Gasteiger partial charge in [0.25, 0.3) is 5.91 Å². The van der Waals surface area contributed by atoms with Gasteiger partial charge in [-0.05, 0) is 38.5 Å². The first-order valence-electron chi connectivity index (χ1n) is 8.76. The minimum atomic E-state index is -0.283. The number of unbranched alkanes of at least 4 members (excludes halogenated alkanes) is 2. The summed E-state index contributed by atoms with van der Waals surface area (Å²) in [4.78, 5) is 21.2. The predicted octanol–water partition coefficient (Wildman–Crippen LogP) is 4.04. The van der Waals surface area contributed by atoms with E-state index >= 15 is 0 Å². The van der Waals surface area contributed by atoms with Gasteiger partial charge in [0.15, 0.2) is 0 Å². The highest BCUT2D eigenvalue weighted by molar-refractivity contribution is 6.03. The Kier molecular flexibility index (Phi) is 7.19. The molecule has 0 saturated heterocycles. The second kappa shape index (κ2) is 9.61. The number of anilines is 2. The van der Waals surface area contributed by atoms with Gasteiger partial charge < -0.3 is 15.4 Å². The van der Waals surface area contributed by atoms with Crippen LogP contribution < -0.4 is 15.4 Å². The number of benzene rings is 1. The van der Waals surface area contributed by atoms with Crippen LogP contribution in [0.1, 0.15) is 49.3 Å². The first-order chi connectivity index (χ1) is 12.1. The Labute approximate surface area is 149 Å². The lowest BCUT2D eigenvalue weighted by Gasteiger charge is -2.12. The van der Waals surface area contributed by atoms with Gasteiger partial charge in [0, 0.05) is 12.2 Å². The monoisotopic (exact) mass is 342 g/mol.